The topological polar surface area (TPSA) is 41.1 Å². The van der Waals surface area contributed by atoms with Crippen LogP contribution in [-0.2, 0) is 0 Å². The van der Waals surface area contributed by atoms with Crippen LogP contribution in [0.4, 0.5) is 0 Å². The molecule has 0 aromatic rings. The lowest BCUT2D eigenvalue weighted by Gasteiger charge is -2.08. The molecule has 3 heteroatoms. The average Bonchev–Trinajstić information content (AvgIpc) is 2.11. The first-order chi connectivity index (χ1) is 5.61. The Kier molecular flexibility index (Phi) is 5.17. The Labute approximate surface area is 74.9 Å². The van der Waals surface area contributed by atoms with Gasteiger partial charge in [0.15, 0.2) is 0 Å². The highest BCUT2D eigenvalue weighted by molar-refractivity contribution is 5.44. The van der Waals surface area contributed by atoms with Gasteiger partial charge >= 0.3 is 0 Å². The molecule has 3 N–H and O–H groups in total. The zero-order valence-electron chi connectivity index (χ0n) is 8.46. The molecular formula is C9H20N3+. The summed E-state index contributed by atoms with van der Waals surface area (Å²) in [6, 6.07) is 0. The van der Waals surface area contributed by atoms with Crippen LogP contribution >= 0.6 is 0 Å². The third-order valence-electron chi connectivity index (χ3n) is 2.11. The van der Waals surface area contributed by atoms with Crippen molar-refractivity contribution in [3.63, 3.8) is 0 Å². The molecule has 1 atom stereocenters. The molecular weight excluding hydrogens is 150 g/mol. The van der Waals surface area contributed by atoms with E-state index < -0.39 is 0 Å². The van der Waals surface area contributed by atoms with Crippen molar-refractivity contribution in [1.82, 2.24) is 5.43 Å². The molecule has 70 valence electrons. The van der Waals surface area contributed by atoms with Crippen LogP contribution in [0.3, 0.4) is 0 Å². The standard InChI is InChI=1S/C9H19N3/c1-5-8(2)9(3)6-11-12(4)7-10/h6-8,10-11H,5H2,1-4H3/p+1. The van der Waals surface area contributed by atoms with Crippen LogP contribution in [0.2, 0.25) is 0 Å². The summed E-state index contributed by atoms with van der Waals surface area (Å²) in [6.45, 7) is 6.51. The minimum absolute atomic E-state index is 0.628. The molecule has 1 unspecified atom stereocenters. The average molecular weight is 170 g/mol. The normalized spacial score (nSPS) is 16.0. The molecule has 0 rings (SSSR count). The first-order valence-corrected chi connectivity index (χ1v) is 4.32. The van der Waals surface area contributed by atoms with E-state index in [1.807, 2.05) is 13.2 Å². The molecule has 0 saturated carbocycles. The van der Waals surface area contributed by atoms with Gasteiger partial charge in [0.25, 0.3) is 6.34 Å². The van der Waals surface area contributed by atoms with Crippen molar-refractivity contribution in [1.29, 1.82) is 0 Å². The fraction of sp³-hybridized carbons (Fsp3) is 0.667. The first-order valence-electron chi connectivity index (χ1n) is 4.32. The summed E-state index contributed by atoms with van der Waals surface area (Å²) in [4.78, 5) is 0. The van der Waals surface area contributed by atoms with Crippen LogP contribution in [0.5, 0.6) is 0 Å². The van der Waals surface area contributed by atoms with Crippen molar-refractivity contribution in [2.45, 2.75) is 27.2 Å². The molecule has 0 aliphatic heterocycles. The van der Waals surface area contributed by atoms with Crippen molar-refractivity contribution in [3.8, 4) is 0 Å². The van der Waals surface area contributed by atoms with Crippen molar-refractivity contribution in [3.05, 3.63) is 11.8 Å². The third kappa shape index (κ3) is 4.01. The van der Waals surface area contributed by atoms with Crippen LogP contribution in [0.1, 0.15) is 27.2 Å². The lowest BCUT2D eigenvalue weighted by atomic mass is 10.0. The van der Waals surface area contributed by atoms with E-state index in [0.29, 0.717) is 5.92 Å². The lowest BCUT2D eigenvalue weighted by molar-refractivity contribution is -0.545. The quantitative estimate of drug-likeness (QED) is 0.287. The maximum Gasteiger partial charge on any atom is 0.253 e. The van der Waals surface area contributed by atoms with Crippen molar-refractivity contribution >= 4 is 6.34 Å². The van der Waals surface area contributed by atoms with E-state index in [2.05, 4.69) is 26.2 Å². The largest absolute Gasteiger partial charge is 0.292 e. The van der Waals surface area contributed by atoms with Gasteiger partial charge in [0.05, 0.1) is 0 Å². The molecule has 0 aliphatic rings. The molecule has 0 aliphatic carbocycles. The Hall–Kier alpha value is -0.990. The predicted octanol–water partition coefficient (Wildman–Crippen LogP) is 1.07. The van der Waals surface area contributed by atoms with Crippen molar-refractivity contribution < 1.29 is 4.68 Å². The van der Waals surface area contributed by atoms with Gasteiger partial charge in [0.1, 0.15) is 7.05 Å². The number of hydrogen-bond donors (Lipinski definition) is 2. The predicted molar refractivity (Wildman–Crippen MR) is 52.8 cm³/mol. The number of allylic oxidation sites excluding steroid dienone is 1. The smallest absolute Gasteiger partial charge is 0.253 e. The lowest BCUT2D eigenvalue weighted by Crippen LogP contribution is -2.24. The number of nitrogens with one attached hydrogen (secondary N) is 1. The molecule has 12 heavy (non-hydrogen) atoms. The molecule has 0 aromatic carbocycles. The highest BCUT2D eigenvalue weighted by Gasteiger charge is 1.99. The Balaban J connectivity index is 4.00. The molecule has 0 radical (unpaired) electrons. The Morgan fingerprint density at radius 2 is 2.25 bits per heavy atom. The highest BCUT2D eigenvalue weighted by atomic mass is 15.4. The van der Waals surface area contributed by atoms with Gasteiger partial charge in [-0.25, -0.2) is 5.43 Å². The molecule has 3 nitrogen and oxygen atoms in total. The fourth-order valence-electron chi connectivity index (χ4n) is 0.711. The van der Waals surface area contributed by atoms with Gasteiger partial charge in [0, 0.05) is 6.20 Å². The van der Waals surface area contributed by atoms with Crippen molar-refractivity contribution in [2.24, 2.45) is 11.7 Å². The molecule has 0 aromatic heterocycles. The van der Waals surface area contributed by atoms with Gasteiger partial charge in [-0.05, 0) is 19.3 Å². The summed E-state index contributed by atoms with van der Waals surface area (Å²) in [6.07, 6.45) is 4.64. The molecule has 0 fully saturated rings. The van der Waals surface area contributed by atoms with Crippen molar-refractivity contribution in [2.75, 3.05) is 7.05 Å². The van der Waals surface area contributed by atoms with E-state index >= 15 is 0 Å². The van der Waals surface area contributed by atoms with Crippen LogP contribution in [-0.4, -0.2) is 18.1 Å². The van der Waals surface area contributed by atoms with E-state index in [0.717, 1.165) is 0 Å². The summed E-state index contributed by atoms with van der Waals surface area (Å²) >= 11 is 0. The van der Waals surface area contributed by atoms with Gasteiger partial charge in [-0.3, -0.25) is 5.73 Å². The summed E-state index contributed by atoms with van der Waals surface area (Å²) in [5, 5.41) is 0. The number of nitrogens with zero attached hydrogens (tertiary/aromatic N) is 1. The minimum atomic E-state index is 0.628. The molecule has 0 bridgehead atoms. The zero-order chi connectivity index (χ0) is 9.56. The number of nitrogens with two attached hydrogens (primary N) is 1. The fourth-order valence-corrected chi connectivity index (χ4v) is 0.711. The SMILES string of the molecule is CCC(C)C(C)=CN[N+](C)=CN. The summed E-state index contributed by atoms with van der Waals surface area (Å²) in [5.74, 6) is 0.628. The Bertz CT molecular complexity index is 182. The summed E-state index contributed by atoms with van der Waals surface area (Å²) in [7, 11) is 1.86. The monoisotopic (exact) mass is 170 g/mol. The first kappa shape index (κ1) is 11.0. The van der Waals surface area contributed by atoms with E-state index in [1.165, 1.54) is 18.3 Å². The maximum absolute atomic E-state index is 5.28. The second-order valence-electron chi connectivity index (χ2n) is 3.09. The maximum atomic E-state index is 5.28. The summed E-state index contributed by atoms with van der Waals surface area (Å²) in [5.41, 5.74) is 9.65. The van der Waals surface area contributed by atoms with E-state index in [9.17, 15) is 0 Å². The van der Waals surface area contributed by atoms with Gasteiger partial charge < -0.3 is 0 Å². The van der Waals surface area contributed by atoms with Crippen LogP contribution in [0.25, 0.3) is 0 Å². The number of rotatable bonds is 4. The Morgan fingerprint density at radius 3 is 2.67 bits per heavy atom. The van der Waals surface area contributed by atoms with Crippen LogP contribution in [0, 0.1) is 5.92 Å². The molecule has 0 spiro atoms. The number of hydrazine groups is 1. The Morgan fingerprint density at radius 1 is 1.67 bits per heavy atom. The van der Waals surface area contributed by atoms with Gasteiger partial charge in [-0.15, -0.1) is 0 Å². The summed E-state index contributed by atoms with van der Waals surface area (Å²) < 4.78 is 1.71. The minimum Gasteiger partial charge on any atom is -0.292 e. The third-order valence-corrected chi connectivity index (χ3v) is 2.11. The molecule has 0 saturated heterocycles. The van der Waals surface area contributed by atoms with Crippen LogP contribution in [0.15, 0.2) is 11.8 Å². The second-order valence-corrected chi connectivity index (χ2v) is 3.09. The van der Waals surface area contributed by atoms with E-state index in [4.69, 9.17) is 5.73 Å². The molecule has 0 heterocycles. The number of hydrogen-bond acceptors (Lipinski definition) is 1. The number of hydrazone groups is 1. The van der Waals surface area contributed by atoms with Gasteiger partial charge in [0.2, 0.25) is 0 Å². The second kappa shape index (κ2) is 5.63. The molecule has 0 amide bonds. The van der Waals surface area contributed by atoms with Crippen LogP contribution < -0.4 is 11.2 Å². The highest BCUT2D eigenvalue weighted by Crippen LogP contribution is 2.11. The van der Waals surface area contributed by atoms with E-state index in [-0.39, 0.29) is 0 Å². The van der Waals surface area contributed by atoms with Gasteiger partial charge in [-0.2, -0.15) is 4.68 Å². The van der Waals surface area contributed by atoms with E-state index in [1.54, 1.807) is 4.68 Å². The van der Waals surface area contributed by atoms with Gasteiger partial charge in [-0.1, -0.05) is 19.4 Å². The zero-order valence-corrected chi connectivity index (χ0v) is 8.46.